The van der Waals surface area contributed by atoms with E-state index in [1.807, 2.05) is 11.8 Å². The summed E-state index contributed by atoms with van der Waals surface area (Å²) in [6, 6.07) is 6.62. The number of benzene rings is 1. The molecule has 0 amide bonds. The van der Waals surface area contributed by atoms with E-state index in [0.717, 1.165) is 13.0 Å². The molecule has 2 nitrogen and oxygen atoms in total. The van der Waals surface area contributed by atoms with Gasteiger partial charge < -0.3 is 10.4 Å². The van der Waals surface area contributed by atoms with Gasteiger partial charge in [0.15, 0.2) is 0 Å². The molecule has 1 atom stereocenters. The first kappa shape index (κ1) is 16.5. The average Bonchev–Trinajstić information content (AvgIpc) is 2.29. The standard InChI is InChI=1S/C16H27NOS/c1-12-6-7-15(19-13(2)8-9-18)14(10-12)11-17-16(3,4)5/h6-7,10,13,17-18H,8-9,11H2,1-5H3. The second kappa shape index (κ2) is 7.32. The van der Waals surface area contributed by atoms with Crippen LogP contribution in [0.3, 0.4) is 0 Å². The molecule has 0 aromatic heterocycles. The van der Waals surface area contributed by atoms with Crippen LogP contribution in [-0.2, 0) is 6.54 Å². The third-order valence-corrected chi connectivity index (χ3v) is 4.18. The first-order valence-electron chi connectivity index (χ1n) is 6.94. The lowest BCUT2D eigenvalue weighted by Gasteiger charge is -2.22. The highest BCUT2D eigenvalue weighted by atomic mass is 32.2. The van der Waals surface area contributed by atoms with Crippen LogP contribution in [0.5, 0.6) is 0 Å². The highest BCUT2D eigenvalue weighted by molar-refractivity contribution is 8.00. The van der Waals surface area contributed by atoms with Crippen molar-refractivity contribution in [3.63, 3.8) is 0 Å². The summed E-state index contributed by atoms with van der Waals surface area (Å²) >= 11 is 1.85. The predicted molar refractivity (Wildman–Crippen MR) is 84.8 cm³/mol. The van der Waals surface area contributed by atoms with Gasteiger partial charge in [-0.2, -0.15) is 0 Å². The van der Waals surface area contributed by atoms with Gasteiger partial charge in [-0.05, 0) is 45.7 Å². The van der Waals surface area contributed by atoms with E-state index in [-0.39, 0.29) is 12.1 Å². The van der Waals surface area contributed by atoms with Gasteiger partial charge in [-0.15, -0.1) is 11.8 Å². The molecule has 0 bridgehead atoms. The van der Waals surface area contributed by atoms with Crippen LogP contribution >= 0.6 is 11.8 Å². The van der Waals surface area contributed by atoms with Crippen molar-refractivity contribution < 1.29 is 5.11 Å². The molecule has 1 aromatic carbocycles. The summed E-state index contributed by atoms with van der Waals surface area (Å²) in [6.45, 7) is 12.0. The van der Waals surface area contributed by atoms with E-state index in [0.29, 0.717) is 5.25 Å². The Morgan fingerprint density at radius 3 is 2.58 bits per heavy atom. The molecule has 2 N–H and O–H groups in total. The van der Waals surface area contributed by atoms with Crippen molar-refractivity contribution in [2.45, 2.75) is 63.3 Å². The van der Waals surface area contributed by atoms with Crippen LogP contribution in [0.1, 0.15) is 45.2 Å². The summed E-state index contributed by atoms with van der Waals surface area (Å²) in [5.41, 5.74) is 2.78. The van der Waals surface area contributed by atoms with Gasteiger partial charge in [-0.1, -0.05) is 24.6 Å². The van der Waals surface area contributed by atoms with Gasteiger partial charge in [-0.25, -0.2) is 0 Å². The molecular formula is C16H27NOS. The maximum atomic E-state index is 9.01. The topological polar surface area (TPSA) is 32.3 Å². The number of hydrogen-bond acceptors (Lipinski definition) is 3. The summed E-state index contributed by atoms with van der Waals surface area (Å²) in [6.07, 6.45) is 0.838. The highest BCUT2D eigenvalue weighted by Crippen LogP contribution is 2.29. The van der Waals surface area contributed by atoms with E-state index in [4.69, 9.17) is 5.11 Å². The summed E-state index contributed by atoms with van der Waals surface area (Å²) in [4.78, 5) is 1.32. The minimum absolute atomic E-state index is 0.127. The van der Waals surface area contributed by atoms with E-state index in [9.17, 15) is 0 Å². The van der Waals surface area contributed by atoms with Gasteiger partial charge in [-0.3, -0.25) is 0 Å². The molecule has 0 aliphatic heterocycles. The van der Waals surface area contributed by atoms with Gasteiger partial charge in [0.2, 0.25) is 0 Å². The summed E-state index contributed by atoms with van der Waals surface area (Å²) in [5.74, 6) is 0. The molecule has 0 fully saturated rings. The van der Waals surface area contributed by atoms with Crippen LogP contribution in [0.4, 0.5) is 0 Å². The number of aliphatic hydroxyl groups excluding tert-OH is 1. The average molecular weight is 281 g/mol. The molecule has 1 aromatic rings. The van der Waals surface area contributed by atoms with Gasteiger partial charge in [0.25, 0.3) is 0 Å². The smallest absolute Gasteiger partial charge is 0.0441 e. The second-order valence-corrected chi connectivity index (χ2v) is 7.64. The summed E-state index contributed by atoms with van der Waals surface area (Å²) in [7, 11) is 0. The molecule has 0 aliphatic rings. The lowest BCUT2D eigenvalue weighted by molar-refractivity contribution is 0.289. The maximum Gasteiger partial charge on any atom is 0.0441 e. The van der Waals surface area contributed by atoms with Crippen LogP contribution in [0.2, 0.25) is 0 Å². The zero-order valence-corrected chi connectivity index (χ0v) is 13.6. The lowest BCUT2D eigenvalue weighted by atomic mass is 10.1. The Labute approximate surface area is 122 Å². The number of aryl methyl sites for hydroxylation is 1. The van der Waals surface area contributed by atoms with Gasteiger partial charge in [0.05, 0.1) is 0 Å². The van der Waals surface area contributed by atoms with E-state index < -0.39 is 0 Å². The molecule has 0 saturated heterocycles. The third-order valence-electron chi connectivity index (χ3n) is 2.89. The molecule has 0 spiro atoms. The van der Waals surface area contributed by atoms with E-state index >= 15 is 0 Å². The fourth-order valence-corrected chi connectivity index (χ4v) is 2.87. The van der Waals surface area contributed by atoms with Crippen molar-refractivity contribution >= 4 is 11.8 Å². The predicted octanol–water partition coefficient (Wildman–Crippen LogP) is 3.75. The number of hydrogen-bond donors (Lipinski definition) is 2. The van der Waals surface area contributed by atoms with Crippen molar-refractivity contribution in [3.8, 4) is 0 Å². The molecule has 108 valence electrons. The van der Waals surface area contributed by atoms with E-state index in [1.54, 1.807) is 0 Å². The Bertz CT molecular complexity index is 398. The highest BCUT2D eigenvalue weighted by Gasteiger charge is 2.12. The zero-order valence-electron chi connectivity index (χ0n) is 12.8. The van der Waals surface area contributed by atoms with Crippen LogP contribution in [0.15, 0.2) is 23.1 Å². The minimum atomic E-state index is 0.127. The first-order chi connectivity index (χ1) is 8.81. The minimum Gasteiger partial charge on any atom is -0.396 e. The molecule has 0 radical (unpaired) electrons. The zero-order chi connectivity index (χ0) is 14.5. The first-order valence-corrected chi connectivity index (χ1v) is 7.82. The second-order valence-electron chi connectivity index (χ2n) is 6.16. The molecular weight excluding hydrogens is 254 g/mol. The van der Waals surface area contributed by atoms with Gasteiger partial charge >= 0.3 is 0 Å². The van der Waals surface area contributed by atoms with Crippen molar-refractivity contribution in [1.29, 1.82) is 0 Å². The Balaban J connectivity index is 2.79. The molecule has 1 unspecified atom stereocenters. The SMILES string of the molecule is Cc1ccc(SC(C)CCO)c(CNC(C)(C)C)c1. The monoisotopic (exact) mass is 281 g/mol. The van der Waals surface area contributed by atoms with E-state index in [2.05, 4.69) is 58.1 Å². The molecule has 3 heteroatoms. The Morgan fingerprint density at radius 2 is 2.00 bits per heavy atom. The largest absolute Gasteiger partial charge is 0.396 e. The number of rotatable bonds is 6. The van der Waals surface area contributed by atoms with Gasteiger partial charge in [0, 0.05) is 28.8 Å². The maximum absolute atomic E-state index is 9.01. The van der Waals surface area contributed by atoms with Crippen LogP contribution in [-0.4, -0.2) is 22.5 Å². The quantitative estimate of drug-likeness (QED) is 0.779. The third kappa shape index (κ3) is 6.46. The van der Waals surface area contributed by atoms with Crippen LogP contribution in [0.25, 0.3) is 0 Å². The molecule has 1 rings (SSSR count). The fourth-order valence-electron chi connectivity index (χ4n) is 1.78. The summed E-state index contributed by atoms with van der Waals surface area (Å²) < 4.78 is 0. The lowest BCUT2D eigenvalue weighted by Crippen LogP contribution is -2.35. The van der Waals surface area contributed by atoms with Crippen molar-refractivity contribution in [2.75, 3.05) is 6.61 Å². The summed E-state index contributed by atoms with van der Waals surface area (Å²) in [5, 5.41) is 13.0. The Hall–Kier alpha value is -0.510. The molecule has 19 heavy (non-hydrogen) atoms. The molecule has 0 heterocycles. The van der Waals surface area contributed by atoms with Crippen molar-refractivity contribution in [1.82, 2.24) is 5.32 Å². The number of thioether (sulfide) groups is 1. The number of aliphatic hydroxyl groups is 1. The number of nitrogens with one attached hydrogen (secondary N) is 1. The fraction of sp³-hybridized carbons (Fsp3) is 0.625. The van der Waals surface area contributed by atoms with Crippen molar-refractivity contribution in [2.24, 2.45) is 0 Å². The van der Waals surface area contributed by atoms with Crippen LogP contribution in [0, 0.1) is 6.92 Å². The normalized spacial score (nSPS) is 13.6. The van der Waals surface area contributed by atoms with E-state index in [1.165, 1.54) is 16.0 Å². The van der Waals surface area contributed by atoms with Crippen molar-refractivity contribution in [3.05, 3.63) is 29.3 Å². The molecule has 0 aliphatic carbocycles. The van der Waals surface area contributed by atoms with Gasteiger partial charge in [0.1, 0.15) is 0 Å². The Morgan fingerprint density at radius 1 is 1.32 bits per heavy atom. The molecule has 0 saturated carbocycles. The Kier molecular flexibility index (Phi) is 6.37. The van der Waals surface area contributed by atoms with Crippen LogP contribution < -0.4 is 5.32 Å².